The maximum atomic E-state index is 14.0. The van der Waals surface area contributed by atoms with Crippen molar-refractivity contribution in [2.24, 2.45) is 0 Å². The van der Waals surface area contributed by atoms with E-state index in [1.54, 1.807) is 74.5 Å². The summed E-state index contributed by atoms with van der Waals surface area (Å²) in [5, 5.41) is 25.5. The van der Waals surface area contributed by atoms with Crippen LogP contribution < -0.4 is 29.8 Å². The zero-order valence-corrected chi connectivity index (χ0v) is 30.2. The Balaban J connectivity index is 1.49. The number of hydrogen-bond donors (Lipinski definition) is 2. The van der Waals surface area contributed by atoms with Crippen LogP contribution in [0.2, 0.25) is 0 Å². The lowest BCUT2D eigenvalue weighted by Crippen LogP contribution is -2.19. The molecule has 7 aromatic rings. The zero-order chi connectivity index (χ0) is 38.7. The summed E-state index contributed by atoms with van der Waals surface area (Å²) in [5.41, 5.74) is 0.151. The van der Waals surface area contributed by atoms with Crippen molar-refractivity contribution in [2.45, 2.75) is 38.9 Å². The van der Waals surface area contributed by atoms with E-state index in [9.17, 15) is 29.4 Å². The van der Waals surface area contributed by atoms with Gasteiger partial charge in [-0.3, -0.25) is 9.59 Å². The third-order valence-electron chi connectivity index (χ3n) is 10.0. The molecule has 278 valence electrons. The molecule has 0 spiro atoms. The number of ether oxygens (including phenoxy) is 6. The van der Waals surface area contributed by atoms with Gasteiger partial charge in [-0.2, -0.15) is 0 Å². The number of carbonyl (C=O) groups excluding carboxylic acids is 2. The van der Waals surface area contributed by atoms with Crippen molar-refractivity contribution in [1.82, 2.24) is 0 Å². The smallest absolute Gasteiger partial charge is 0.338 e. The number of rotatable bonds is 10. The lowest BCUT2D eigenvalue weighted by Gasteiger charge is -2.26. The summed E-state index contributed by atoms with van der Waals surface area (Å²) in [4.78, 5) is 54.4. The minimum atomic E-state index is -0.824. The number of aromatic hydroxyl groups is 2. The van der Waals surface area contributed by atoms with Crippen LogP contribution in [0, 0.1) is 0 Å². The van der Waals surface area contributed by atoms with Gasteiger partial charge in [-0.1, -0.05) is 36.4 Å². The van der Waals surface area contributed by atoms with Crippen molar-refractivity contribution in [3.63, 3.8) is 0 Å². The fraction of sp³-hybridized carbons (Fsp3) is 0.209. The molecular formula is C43H34O12. The molecule has 0 aliphatic carbocycles. The van der Waals surface area contributed by atoms with Gasteiger partial charge in [0.15, 0.2) is 33.9 Å². The third-order valence-corrected chi connectivity index (χ3v) is 10.0. The number of fused-ring (bicyclic) bond motifs is 1. The Bertz CT molecular complexity index is 2590. The topological polar surface area (TPSA) is 164 Å². The lowest BCUT2D eigenvalue weighted by atomic mass is 9.81. The van der Waals surface area contributed by atoms with Crippen LogP contribution >= 0.6 is 0 Å². The van der Waals surface area contributed by atoms with Gasteiger partial charge in [-0.25, -0.2) is 9.59 Å². The Hall–Kier alpha value is -6.82. The van der Waals surface area contributed by atoms with E-state index in [2.05, 4.69) is 0 Å². The van der Waals surface area contributed by atoms with Crippen LogP contribution in [0.25, 0.3) is 43.1 Å². The minimum Gasteiger partial charge on any atom is -0.504 e. The highest BCUT2D eigenvalue weighted by Crippen LogP contribution is 2.56. The van der Waals surface area contributed by atoms with Crippen molar-refractivity contribution in [3.05, 3.63) is 115 Å². The molecule has 0 bridgehead atoms. The summed E-state index contributed by atoms with van der Waals surface area (Å²) in [6.07, 6.45) is -1.74. The van der Waals surface area contributed by atoms with Gasteiger partial charge >= 0.3 is 11.9 Å². The van der Waals surface area contributed by atoms with Crippen LogP contribution in [-0.4, -0.2) is 55.4 Å². The average molecular weight is 743 g/mol. The molecule has 0 fully saturated rings. The molecule has 8 rings (SSSR count). The highest BCUT2D eigenvalue weighted by Gasteiger charge is 2.34. The fourth-order valence-corrected chi connectivity index (χ4v) is 7.85. The normalized spacial score (nSPS) is 13.4. The molecule has 2 unspecified atom stereocenters. The van der Waals surface area contributed by atoms with Gasteiger partial charge < -0.3 is 38.6 Å². The Morgan fingerprint density at radius 1 is 0.600 bits per heavy atom. The molecule has 12 heteroatoms. The number of methoxy groups -OCH3 is 2. The van der Waals surface area contributed by atoms with E-state index in [1.165, 1.54) is 26.4 Å². The molecule has 1 aliphatic heterocycles. The number of phenolic OH excluding ortho intramolecular Hbond substituents is 2. The average Bonchev–Trinajstić information content (AvgIpc) is 3.35. The molecule has 2 N–H and O–H groups in total. The Morgan fingerprint density at radius 2 is 0.982 bits per heavy atom. The van der Waals surface area contributed by atoms with E-state index in [1.807, 2.05) is 0 Å². The molecule has 2 atom stereocenters. The van der Waals surface area contributed by atoms with Crippen molar-refractivity contribution in [2.75, 3.05) is 21.0 Å². The second kappa shape index (κ2) is 13.5. The van der Waals surface area contributed by atoms with Crippen LogP contribution in [0.5, 0.6) is 34.5 Å². The first-order valence-corrected chi connectivity index (χ1v) is 17.5. The summed E-state index contributed by atoms with van der Waals surface area (Å²) in [5.74, 6) is -1.93. The quantitative estimate of drug-likeness (QED) is 0.0875. The van der Waals surface area contributed by atoms with Gasteiger partial charge in [0.05, 0.1) is 36.1 Å². The van der Waals surface area contributed by atoms with E-state index >= 15 is 0 Å². The van der Waals surface area contributed by atoms with E-state index in [-0.39, 0.29) is 64.2 Å². The summed E-state index contributed by atoms with van der Waals surface area (Å²) < 4.78 is 35.4. The van der Waals surface area contributed by atoms with E-state index in [0.717, 1.165) is 0 Å². The first-order valence-electron chi connectivity index (χ1n) is 17.5. The van der Waals surface area contributed by atoms with Gasteiger partial charge in [0.1, 0.15) is 23.7 Å². The van der Waals surface area contributed by atoms with Crippen LogP contribution in [0.3, 0.4) is 0 Å². The van der Waals surface area contributed by atoms with Gasteiger partial charge in [0, 0.05) is 57.6 Å². The van der Waals surface area contributed by atoms with Crippen LogP contribution in [0.15, 0.2) is 82.4 Å². The monoisotopic (exact) mass is 742 g/mol. The first kappa shape index (κ1) is 35.2. The van der Waals surface area contributed by atoms with Gasteiger partial charge in [0.25, 0.3) is 0 Å². The maximum Gasteiger partial charge on any atom is 0.338 e. The highest BCUT2D eigenvalue weighted by atomic mass is 16.7. The second-order valence-corrected chi connectivity index (χ2v) is 13.4. The number of phenols is 2. The molecule has 1 heterocycles. The van der Waals surface area contributed by atoms with Gasteiger partial charge in [0.2, 0.25) is 6.79 Å². The van der Waals surface area contributed by atoms with Crippen LogP contribution in [0.4, 0.5) is 0 Å². The van der Waals surface area contributed by atoms with E-state index < -0.39 is 46.5 Å². The molecule has 7 aromatic carbocycles. The number of carbonyl (C=O) groups is 2. The number of hydrogen-bond acceptors (Lipinski definition) is 12. The SMILES string of the molecule is COc1c(O)c2c(=O)cc3c4c5c(cc(=O)c6c(O)c(OC)c(CC(C)OC(=O)c7ccccc7)c(c(c1CC(C)OC(=O)c1ccccc1)c24)c65)OCO3. The van der Waals surface area contributed by atoms with Crippen LogP contribution in [-0.2, 0) is 22.3 Å². The van der Waals surface area contributed by atoms with Crippen molar-refractivity contribution < 1.29 is 48.2 Å². The highest BCUT2D eigenvalue weighted by molar-refractivity contribution is 6.38. The fourth-order valence-electron chi connectivity index (χ4n) is 7.85. The Kier molecular flexibility index (Phi) is 8.68. The number of esters is 2. The Labute approximate surface area is 312 Å². The molecule has 1 aliphatic rings. The van der Waals surface area contributed by atoms with Crippen molar-refractivity contribution >= 4 is 55.0 Å². The minimum absolute atomic E-state index is 0.0439. The summed E-state index contributed by atoms with van der Waals surface area (Å²) in [6.45, 7) is 3.02. The molecule has 0 radical (unpaired) electrons. The van der Waals surface area contributed by atoms with Gasteiger partial charge in [-0.05, 0) is 48.9 Å². The standard InChI is InChI=1S/C43H34O12/c1-20(54-42(48)22-11-7-5-8-12-22)15-24-30-31-25(16-21(2)55-43(49)23-13-9-6-10-14-23)41(51-4)39(47)33-27(45)18-29-35(37(31)33)34-28(52-19-53-29)17-26(44)32(36(30)34)38(46)40(24)50-3/h5-14,17-18,20-21,46-47H,15-16,19H2,1-4H3. The molecule has 0 saturated carbocycles. The molecular weight excluding hydrogens is 708 g/mol. The number of benzene rings is 7. The van der Waals surface area contributed by atoms with Crippen molar-refractivity contribution in [1.29, 1.82) is 0 Å². The molecule has 0 amide bonds. The maximum absolute atomic E-state index is 14.0. The second-order valence-electron chi connectivity index (χ2n) is 13.4. The predicted molar refractivity (Wildman–Crippen MR) is 204 cm³/mol. The van der Waals surface area contributed by atoms with Gasteiger partial charge in [-0.15, -0.1) is 0 Å². The Morgan fingerprint density at radius 3 is 1.35 bits per heavy atom. The van der Waals surface area contributed by atoms with Crippen LogP contribution in [0.1, 0.15) is 45.7 Å². The lowest BCUT2D eigenvalue weighted by molar-refractivity contribution is 0.0331. The first-order chi connectivity index (χ1) is 26.5. The molecule has 12 nitrogen and oxygen atoms in total. The molecule has 55 heavy (non-hydrogen) atoms. The molecule has 0 saturated heterocycles. The predicted octanol–water partition coefficient (Wildman–Crippen LogP) is 6.63. The zero-order valence-electron chi connectivity index (χ0n) is 30.2. The summed E-state index contributed by atoms with van der Waals surface area (Å²) >= 11 is 0. The third kappa shape index (κ3) is 5.60. The summed E-state index contributed by atoms with van der Waals surface area (Å²) in [7, 11) is 2.68. The van der Waals surface area contributed by atoms with E-state index in [4.69, 9.17) is 28.4 Å². The summed E-state index contributed by atoms with van der Waals surface area (Å²) in [6, 6.07) is 19.4. The van der Waals surface area contributed by atoms with Crippen molar-refractivity contribution in [3.8, 4) is 34.5 Å². The van der Waals surface area contributed by atoms with E-state index in [0.29, 0.717) is 43.8 Å². The largest absolute Gasteiger partial charge is 0.504 e. The molecule has 0 aromatic heterocycles.